The Morgan fingerprint density at radius 2 is 1.95 bits per heavy atom. The Kier molecular flexibility index (Phi) is 4.86. The van der Waals surface area contributed by atoms with Gasteiger partial charge >= 0.3 is 6.01 Å². The van der Waals surface area contributed by atoms with Gasteiger partial charge in [-0.05, 0) is 24.6 Å². The molecule has 0 unspecified atom stereocenters. The fourth-order valence-corrected chi connectivity index (χ4v) is 1.70. The average molecular weight is 292 g/mol. The predicted octanol–water partition coefficient (Wildman–Crippen LogP) is 2.52. The zero-order valence-electron chi connectivity index (χ0n) is 12.2. The lowest BCUT2D eigenvalue weighted by atomic mass is 10.2. The Hall–Kier alpha value is -2.44. The van der Waals surface area contributed by atoms with E-state index in [2.05, 4.69) is 20.3 Å². The molecule has 0 saturated heterocycles. The van der Waals surface area contributed by atoms with E-state index in [0.717, 1.165) is 13.0 Å². The zero-order valence-corrected chi connectivity index (χ0v) is 12.2. The first-order valence-electron chi connectivity index (χ1n) is 6.55. The van der Waals surface area contributed by atoms with Gasteiger partial charge in [0.05, 0.1) is 14.2 Å². The Bertz CT molecular complexity index is 622. The van der Waals surface area contributed by atoms with Crippen molar-refractivity contribution in [2.75, 3.05) is 26.1 Å². The van der Waals surface area contributed by atoms with Gasteiger partial charge in [0.15, 0.2) is 17.4 Å². The van der Waals surface area contributed by atoms with E-state index in [1.807, 2.05) is 6.92 Å². The maximum absolute atomic E-state index is 13.8. The van der Waals surface area contributed by atoms with Crippen molar-refractivity contribution in [1.82, 2.24) is 15.0 Å². The van der Waals surface area contributed by atoms with Gasteiger partial charge in [0.2, 0.25) is 5.95 Å². The molecule has 7 heteroatoms. The van der Waals surface area contributed by atoms with Gasteiger partial charge in [-0.25, -0.2) is 4.39 Å². The minimum Gasteiger partial charge on any atom is -0.494 e. The number of ether oxygens (including phenoxy) is 2. The van der Waals surface area contributed by atoms with Crippen LogP contribution in [-0.4, -0.2) is 35.7 Å². The summed E-state index contributed by atoms with van der Waals surface area (Å²) in [5.41, 5.74) is 0.522. The van der Waals surface area contributed by atoms with E-state index in [0.29, 0.717) is 17.3 Å². The number of nitrogens with one attached hydrogen (secondary N) is 1. The van der Waals surface area contributed by atoms with Crippen molar-refractivity contribution in [1.29, 1.82) is 0 Å². The zero-order chi connectivity index (χ0) is 15.2. The van der Waals surface area contributed by atoms with Gasteiger partial charge in [0.1, 0.15) is 0 Å². The quantitative estimate of drug-likeness (QED) is 0.882. The molecule has 2 aromatic rings. The van der Waals surface area contributed by atoms with Crippen molar-refractivity contribution in [3.05, 3.63) is 24.0 Å². The highest BCUT2D eigenvalue weighted by molar-refractivity contribution is 5.58. The summed E-state index contributed by atoms with van der Waals surface area (Å²) in [6.07, 6.45) is 0.931. The fourth-order valence-electron chi connectivity index (χ4n) is 1.70. The molecule has 0 bridgehead atoms. The highest BCUT2D eigenvalue weighted by atomic mass is 19.1. The van der Waals surface area contributed by atoms with Crippen LogP contribution in [0.5, 0.6) is 11.8 Å². The molecule has 1 heterocycles. The number of halogens is 1. The van der Waals surface area contributed by atoms with Gasteiger partial charge in [-0.15, -0.1) is 0 Å². The largest absolute Gasteiger partial charge is 0.494 e. The van der Waals surface area contributed by atoms with Crippen molar-refractivity contribution in [2.45, 2.75) is 13.3 Å². The van der Waals surface area contributed by atoms with E-state index < -0.39 is 5.82 Å². The molecule has 1 aromatic heterocycles. The van der Waals surface area contributed by atoms with Crippen molar-refractivity contribution >= 4 is 5.95 Å². The minimum absolute atomic E-state index is 0.170. The number of methoxy groups -OCH3 is 2. The first-order valence-corrected chi connectivity index (χ1v) is 6.55. The van der Waals surface area contributed by atoms with Crippen LogP contribution in [0.1, 0.15) is 13.3 Å². The maximum atomic E-state index is 13.8. The van der Waals surface area contributed by atoms with Crippen molar-refractivity contribution in [2.24, 2.45) is 0 Å². The first kappa shape index (κ1) is 15.0. The van der Waals surface area contributed by atoms with Crippen LogP contribution in [0.4, 0.5) is 10.3 Å². The predicted molar refractivity (Wildman–Crippen MR) is 77.1 cm³/mol. The smallest absolute Gasteiger partial charge is 0.321 e. The number of aromatic nitrogens is 3. The lowest BCUT2D eigenvalue weighted by Crippen LogP contribution is -2.07. The second-order valence-corrected chi connectivity index (χ2v) is 4.25. The summed E-state index contributed by atoms with van der Waals surface area (Å²) in [7, 11) is 2.88. The normalized spacial score (nSPS) is 10.3. The number of benzene rings is 1. The van der Waals surface area contributed by atoms with Crippen molar-refractivity contribution in [3.8, 4) is 23.1 Å². The Morgan fingerprint density at radius 1 is 1.14 bits per heavy atom. The first-order chi connectivity index (χ1) is 10.2. The molecule has 0 aliphatic heterocycles. The van der Waals surface area contributed by atoms with Crippen LogP contribution in [0.15, 0.2) is 18.2 Å². The summed E-state index contributed by atoms with van der Waals surface area (Å²) < 4.78 is 23.7. The number of anilines is 1. The highest BCUT2D eigenvalue weighted by Gasteiger charge is 2.11. The van der Waals surface area contributed by atoms with Gasteiger partial charge in [-0.1, -0.05) is 6.92 Å². The third kappa shape index (κ3) is 3.56. The summed E-state index contributed by atoms with van der Waals surface area (Å²) >= 11 is 0. The molecule has 2 rings (SSSR count). The molecule has 1 N–H and O–H groups in total. The summed E-state index contributed by atoms with van der Waals surface area (Å²) in [6, 6.07) is 4.70. The van der Waals surface area contributed by atoms with E-state index in [1.54, 1.807) is 6.07 Å². The minimum atomic E-state index is -0.475. The Balaban J connectivity index is 2.39. The van der Waals surface area contributed by atoms with Crippen molar-refractivity contribution in [3.63, 3.8) is 0 Å². The van der Waals surface area contributed by atoms with E-state index in [4.69, 9.17) is 9.47 Å². The second kappa shape index (κ2) is 6.83. The molecule has 0 radical (unpaired) electrons. The lowest BCUT2D eigenvalue weighted by molar-refractivity contribution is 0.379. The SMILES string of the molecule is CCCNc1nc(OC)nc(-c2ccc(OC)c(F)c2)n1. The van der Waals surface area contributed by atoms with Crippen molar-refractivity contribution < 1.29 is 13.9 Å². The summed E-state index contributed by atoms with van der Waals surface area (Å²) in [5.74, 6) is 0.429. The van der Waals surface area contributed by atoms with Crippen LogP contribution in [0.25, 0.3) is 11.4 Å². The van der Waals surface area contributed by atoms with E-state index >= 15 is 0 Å². The molecule has 0 atom stereocenters. The number of hydrogen-bond acceptors (Lipinski definition) is 6. The van der Waals surface area contributed by atoms with E-state index in [1.165, 1.54) is 26.4 Å². The molecule has 0 saturated carbocycles. The number of nitrogens with zero attached hydrogens (tertiary/aromatic N) is 3. The molecular formula is C14H17FN4O2. The highest BCUT2D eigenvalue weighted by Crippen LogP contribution is 2.24. The Labute approximate surface area is 122 Å². The molecule has 0 spiro atoms. The van der Waals surface area contributed by atoms with Crippen LogP contribution in [0.2, 0.25) is 0 Å². The Morgan fingerprint density at radius 3 is 2.57 bits per heavy atom. The summed E-state index contributed by atoms with van der Waals surface area (Å²) in [4.78, 5) is 12.5. The summed E-state index contributed by atoms with van der Waals surface area (Å²) in [6.45, 7) is 2.76. The van der Waals surface area contributed by atoms with Gasteiger partial charge < -0.3 is 14.8 Å². The molecule has 6 nitrogen and oxygen atoms in total. The molecule has 0 aliphatic rings. The molecule has 0 aliphatic carbocycles. The number of rotatable bonds is 6. The molecule has 112 valence electrons. The van der Waals surface area contributed by atoms with Gasteiger partial charge in [0, 0.05) is 12.1 Å². The van der Waals surface area contributed by atoms with Crippen LogP contribution < -0.4 is 14.8 Å². The monoisotopic (exact) mass is 292 g/mol. The van der Waals surface area contributed by atoms with Gasteiger partial charge in [0.25, 0.3) is 0 Å². The third-order valence-electron chi connectivity index (χ3n) is 2.74. The topological polar surface area (TPSA) is 69.2 Å². The van der Waals surface area contributed by atoms with Crippen LogP contribution in [-0.2, 0) is 0 Å². The van der Waals surface area contributed by atoms with Crippen LogP contribution in [0, 0.1) is 5.82 Å². The van der Waals surface area contributed by atoms with E-state index in [-0.39, 0.29) is 11.8 Å². The molecular weight excluding hydrogens is 275 g/mol. The molecule has 0 fully saturated rings. The molecule has 0 amide bonds. The van der Waals surface area contributed by atoms with Gasteiger partial charge in [-0.3, -0.25) is 0 Å². The number of hydrogen-bond donors (Lipinski definition) is 1. The third-order valence-corrected chi connectivity index (χ3v) is 2.74. The maximum Gasteiger partial charge on any atom is 0.321 e. The second-order valence-electron chi connectivity index (χ2n) is 4.25. The van der Waals surface area contributed by atoms with Crippen LogP contribution >= 0.6 is 0 Å². The standard InChI is InChI=1S/C14H17FN4O2/c1-4-7-16-13-17-12(18-14(19-13)21-3)9-5-6-11(20-2)10(15)8-9/h5-6,8H,4,7H2,1-3H3,(H,16,17,18,19). The average Bonchev–Trinajstić information content (AvgIpc) is 2.52. The lowest BCUT2D eigenvalue weighted by Gasteiger charge is -2.08. The van der Waals surface area contributed by atoms with E-state index in [9.17, 15) is 4.39 Å². The van der Waals surface area contributed by atoms with Gasteiger partial charge in [-0.2, -0.15) is 15.0 Å². The molecule has 1 aromatic carbocycles. The molecule has 21 heavy (non-hydrogen) atoms. The van der Waals surface area contributed by atoms with Crippen LogP contribution in [0.3, 0.4) is 0 Å². The fraction of sp³-hybridized carbons (Fsp3) is 0.357. The summed E-state index contributed by atoms with van der Waals surface area (Å²) in [5, 5.41) is 3.06.